The molecule has 1 heterocycles. The van der Waals surface area contributed by atoms with Crippen LogP contribution in [0.5, 0.6) is 11.5 Å². The zero-order valence-corrected chi connectivity index (χ0v) is 13.4. The van der Waals surface area contributed by atoms with Crippen LogP contribution >= 0.6 is 0 Å². The van der Waals surface area contributed by atoms with Crippen LogP contribution in [0.4, 0.5) is 4.39 Å². The lowest BCUT2D eigenvalue weighted by Gasteiger charge is -2.12. The van der Waals surface area contributed by atoms with Crippen LogP contribution in [0.1, 0.15) is 5.56 Å². The summed E-state index contributed by atoms with van der Waals surface area (Å²) in [5.74, 6) is 0.150. The van der Waals surface area contributed by atoms with Crippen molar-refractivity contribution in [2.75, 3.05) is 7.11 Å². The first-order valence-corrected chi connectivity index (χ1v) is 7.59. The maximum absolute atomic E-state index is 14.1. The van der Waals surface area contributed by atoms with Gasteiger partial charge in [-0.25, -0.2) is 4.39 Å². The summed E-state index contributed by atoms with van der Waals surface area (Å²) in [6.07, 6.45) is 7.23. The van der Waals surface area contributed by atoms with Crippen molar-refractivity contribution in [3.8, 4) is 11.5 Å². The maximum Gasteiger partial charge on any atom is 0.165 e. The second kappa shape index (κ2) is 6.95. The van der Waals surface area contributed by atoms with Gasteiger partial charge in [0.15, 0.2) is 11.6 Å². The summed E-state index contributed by atoms with van der Waals surface area (Å²) in [6, 6.07) is 6.45. The number of nitrogens with zero attached hydrogens (tertiary/aromatic N) is 1. The lowest BCUT2D eigenvalue weighted by atomic mass is 10.1. The average molecular weight is 327 g/mol. The number of benzene rings is 1. The Labute approximate surface area is 139 Å². The highest BCUT2D eigenvalue weighted by atomic mass is 19.1. The lowest BCUT2D eigenvalue weighted by Crippen LogP contribution is -2.33. The molecule has 5 heteroatoms. The second-order valence-electron chi connectivity index (χ2n) is 5.55. The van der Waals surface area contributed by atoms with E-state index in [1.807, 2.05) is 13.0 Å². The second-order valence-corrected chi connectivity index (χ2v) is 5.55. The van der Waals surface area contributed by atoms with Crippen molar-refractivity contribution in [3.05, 3.63) is 64.6 Å². The molecule has 1 aliphatic carbocycles. The smallest absolute Gasteiger partial charge is 0.165 e. The number of rotatable bonds is 3. The summed E-state index contributed by atoms with van der Waals surface area (Å²) in [5, 5.41) is 11.2. The first-order valence-electron chi connectivity index (χ1n) is 7.59. The van der Waals surface area contributed by atoms with Crippen LogP contribution in [-0.2, 0) is 4.74 Å². The van der Waals surface area contributed by atoms with E-state index in [0.717, 1.165) is 5.56 Å². The molecular formula is C19H18FNO3. The number of ether oxygens (including phenoxy) is 2. The highest BCUT2D eigenvalue weighted by molar-refractivity contribution is 5.46. The molecule has 0 aliphatic heterocycles. The van der Waals surface area contributed by atoms with E-state index in [2.05, 4.69) is 4.98 Å². The highest BCUT2D eigenvalue weighted by Gasteiger charge is 2.10. The molecule has 0 radical (unpaired) electrons. The van der Waals surface area contributed by atoms with Gasteiger partial charge in [-0.15, -0.1) is 0 Å². The standard InChI is InChI=1S/C19H18FNO3/c1-12-3-6-19(16(20)9-12)24-18-7-8-21-17-10-13(22)4-5-14(23-2)11-15(17)18/h3-11,13-14,22H,1-2H3. The monoisotopic (exact) mass is 327 g/mol. The van der Waals surface area contributed by atoms with Gasteiger partial charge in [0.25, 0.3) is 0 Å². The molecule has 1 aromatic heterocycles. The van der Waals surface area contributed by atoms with E-state index >= 15 is 0 Å². The maximum atomic E-state index is 14.1. The fourth-order valence-electron chi connectivity index (χ4n) is 2.47. The van der Waals surface area contributed by atoms with Crippen LogP contribution in [-0.4, -0.2) is 29.4 Å². The Morgan fingerprint density at radius 2 is 1.96 bits per heavy atom. The number of hydrogen-bond donors (Lipinski definition) is 1. The van der Waals surface area contributed by atoms with Crippen LogP contribution in [0.2, 0.25) is 0 Å². The molecule has 4 nitrogen and oxygen atoms in total. The topological polar surface area (TPSA) is 51.6 Å². The predicted molar refractivity (Wildman–Crippen MR) is 89.6 cm³/mol. The van der Waals surface area contributed by atoms with Crippen molar-refractivity contribution in [3.63, 3.8) is 0 Å². The minimum absolute atomic E-state index is 0.134. The van der Waals surface area contributed by atoms with Crippen molar-refractivity contribution >= 4 is 12.2 Å². The third-order valence-electron chi connectivity index (χ3n) is 3.72. The van der Waals surface area contributed by atoms with Crippen LogP contribution in [0.15, 0.2) is 42.6 Å². The molecule has 0 spiro atoms. The largest absolute Gasteiger partial charge is 0.454 e. The summed E-state index contributed by atoms with van der Waals surface area (Å²) in [5.41, 5.74) is 0.817. The summed E-state index contributed by atoms with van der Waals surface area (Å²) < 4.78 is 25.2. The first-order chi connectivity index (χ1) is 11.6. The summed E-state index contributed by atoms with van der Waals surface area (Å²) >= 11 is 0. The third-order valence-corrected chi connectivity index (χ3v) is 3.72. The lowest BCUT2D eigenvalue weighted by molar-refractivity contribution is 0.186. The van der Waals surface area contributed by atoms with Crippen LogP contribution in [0.25, 0.3) is 12.2 Å². The molecule has 3 rings (SSSR count). The number of aliphatic hydroxyl groups is 1. The summed E-state index contributed by atoms with van der Waals surface area (Å²) in [6.45, 7) is 1.81. The SMILES string of the molecule is COC1C=CC(O)C=c2nccc(Oc3ccc(C)cc3F)c2=C1. The van der Waals surface area contributed by atoms with Crippen LogP contribution < -0.4 is 15.3 Å². The molecular weight excluding hydrogens is 309 g/mol. The van der Waals surface area contributed by atoms with Crippen LogP contribution in [0.3, 0.4) is 0 Å². The van der Waals surface area contributed by atoms with Gasteiger partial charge in [-0.1, -0.05) is 18.2 Å². The van der Waals surface area contributed by atoms with Crippen LogP contribution in [0, 0.1) is 12.7 Å². The van der Waals surface area contributed by atoms with Gasteiger partial charge in [0.2, 0.25) is 0 Å². The van der Waals surface area contributed by atoms with E-state index in [1.165, 1.54) is 6.07 Å². The van der Waals surface area contributed by atoms with E-state index in [-0.39, 0.29) is 11.9 Å². The molecule has 0 fully saturated rings. The van der Waals surface area contributed by atoms with Gasteiger partial charge in [0.05, 0.1) is 17.6 Å². The Morgan fingerprint density at radius 1 is 1.12 bits per heavy atom. The molecule has 124 valence electrons. The number of aliphatic hydroxyl groups excluding tert-OH is 1. The van der Waals surface area contributed by atoms with Crippen molar-refractivity contribution in [2.24, 2.45) is 0 Å². The molecule has 0 saturated carbocycles. The van der Waals surface area contributed by atoms with Crippen molar-refractivity contribution in [2.45, 2.75) is 19.1 Å². The Bertz CT molecular complexity index is 892. The number of aryl methyl sites for hydroxylation is 1. The van der Waals surface area contributed by atoms with Gasteiger partial charge in [0.1, 0.15) is 5.75 Å². The van der Waals surface area contributed by atoms with E-state index in [9.17, 15) is 9.50 Å². The number of fused-ring (bicyclic) bond motifs is 1. The molecule has 0 amide bonds. The van der Waals surface area contributed by atoms with Crippen molar-refractivity contribution in [1.82, 2.24) is 4.98 Å². The Hall–Kier alpha value is -2.50. The zero-order valence-electron chi connectivity index (χ0n) is 13.4. The fourth-order valence-corrected chi connectivity index (χ4v) is 2.47. The molecule has 0 saturated heterocycles. The molecule has 2 unspecified atom stereocenters. The molecule has 0 bridgehead atoms. The number of aromatic nitrogens is 1. The van der Waals surface area contributed by atoms with E-state index in [0.29, 0.717) is 16.3 Å². The minimum Gasteiger partial charge on any atom is -0.454 e. The molecule has 2 aromatic rings. The molecule has 1 aromatic carbocycles. The summed E-state index contributed by atoms with van der Waals surface area (Å²) in [4.78, 5) is 4.27. The van der Waals surface area contributed by atoms with Gasteiger partial charge in [0, 0.05) is 18.5 Å². The Kier molecular flexibility index (Phi) is 4.74. The predicted octanol–water partition coefficient (Wildman–Crippen LogP) is 1.83. The number of halogens is 1. The van der Waals surface area contributed by atoms with Gasteiger partial charge < -0.3 is 14.6 Å². The van der Waals surface area contributed by atoms with E-state index < -0.39 is 11.9 Å². The van der Waals surface area contributed by atoms with Gasteiger partial charge in [-0.05, 0) is 42.8 Å². The molecule has 2 atom stereocenters. The van der Waals surface area contributed by atoms with E-state index in [1.54, 1.807) is 49.7 Å². The number of hydrogen-bond acceptors (Lipinski definition) is 4. The van der Waals surface area contributed by atoms with Gasteiger partial charge >= 0.3 is 0 Å². The Balaban J connectivity index is 2.13. The highest BCUT2D eigenvalue weighted by Crippen LogP contribution is 2.22. The molecule has 1 N–H and O–H groups in total. The van der Waals surface area contributed by atoms with Crippen molar-refractivity contribution < 1.29 is 19.0 Å². The molecule has 1 aliphatic rings. The first kappa shape index (κ1) is 16.4. The van der Waals surface area contributed by atoms with Crippen molar-refractivity contribution in [1.29, 1.82) is 0 Å². The zero-order chi connectivity index (χ0) is 17.1. The average Bonchev–Trinajstić information content (AvgIpc) is 2.54. The normalized spacial score (nSPS) is 19.5. The van der Waals surface area contributed by atoms with Gasteiger partial charge in [-0.2, -0.15) is 0 Å². The fraction of sp³-hybridized carbons (Fsp3) is 0.211. The number of pyridine rings is 1. The Morgan fingerprint density at radius 3 is 2.71 bits per heavy atom. The number of methoxy groups -OCH3 is 1. The molecule has 24 heavy (non-hydrogen) atoms. The van der Waals surface area contributed by atoms with Gasteiger partial charge in [-0.3, -0.25) is 4.98 Å². The summed E-state index contributed by atoms with van der Waals surface area (Å²) in [7, 11) is 1.57. The minimum atomic E-state index is -0.783. The quantitative estimate of drug-likeness (QED) is 0.874. The third kappa shape index (κ3) is 3.53. The van der Waals surface area contributed by atoms with E-state index in [4.69, 9.17) is 9.47 Å².